The van der Waals surface area contributed by atoms with E-state index >= 15 is 0 Å². The standard InChI is InChI=1S/C27H38BrN3O4S/c1-7-21-12-16-24(17-13-21)31(36(6,34)35)18-8-9-25(32)30(19-22-10-14-23(28)15-11-22)20(2)26(33)29-27(3,4)5/h10-17,20H,7-9,18-19H2,1-6H3,(H,29,33)/t20-/m1/s1. The number of carbonyl (C=O) groups is 2. The molecule has 2 amide bonds. The molecule has 2 rings (SSSR count). The normalized spacial score (nSPS) is 12.6. The van der Waals surface area contributed by atoms with Crippen LogP contribution in [0.15, 0.2) is 53.0 Å². The minimum atomic E-state index is -3.52. The van der Waals surface area contributed by atoms with E-state index in [4.69, 9.17) is 0 Å². The third-order valence-corrected chi connectivity index (χ3v) is 7.44. The molecule has 0 spiro atoms. The molecule has 0 fully saturated rings. The molecule has 0 aliphatic carbocycles. The number of amides is 2. The van der Waals surface area contributed by atoms with Crippen LogP contribution in [0.1, 0.15) is 58.6 Å². The molecule has 1 atom stereocenters. The van der Waals surface area contributed by atoms with Gasteiger partial charge in [-0.05, 0) is 75.9 Å². The summed E-state index contributed by atoms with van der Waals surface area (Å²) in [6.45, 7) is 9.89. The second-order valence-electron chi connectivity index (χ2n) is 10.0. The summed E-state index contributed by atoms with van der Waals surface area (Å²) in [6, 6.07) is 14.3. The van der Waals surface area contributed by atoms with E-state index in [0.29, 0.717) is 12.1 Å². The molecule has 7 nitrogen and oxygen atoms in total. The van der Waals surface area contributed by atoms with Gasteiger partial charge in [-0.25, -0.2) is 8.42 Å². The van der Waals surface area contributed by atoms with Crippen molar-refractivity contribution in [1.82, 2.24) is 10.2 Å². The van der Waals surface area contributed by atoms with E-state index in [2.05, 4.69) is 21.2 Å². The van der Waals surface area contributed by atoms with E-state index in [0.717, 1.165) is 22.0 Å². The molecule has 36 heavy (non-hydrogen) atoms. The molecule has 1 N–H and O–H groups in total. The van der Waals surface area contributed by atoms with E-state index in [-0.39, 0.29) is 31.3 Å². The maximum absolute atomic E-state index is 13.3. The van der Waals surface area contributed by atoms with Crippen molar-refractivity contribution in [3.8, 4) is 0 Å². The topological polar surface area (TPSA) is 86.8 Å². The number of halogens is 1. The molecular weight excluding hydrogens is 542 g/mol. The lowest BCUT2D eigenvalue weighted by molar-refractivity contribution is -0.141. The van der Waals surface area contributed by atoms with Gasteiger partial charge in [-0.2, -0.15) is 0 Å². The third kappa shape index (κ3) is 9.24. The summed E-state index contributed by atoms with van der Waals surface area (Å²) in [6.07, 6.45) is 2.47. The Balaban J connectivity index is 2.17. The van der Waals surface area contributed by atoms with Gasteiger partial charge in [0.25, 0.3) is 0 Å². The van der Waals surface area contributed by atoms with Crippen molar-refractivity contribution in [3.05, 3.63) is 64.1 Å². The zero-order valence-corrected chi connectivity index (χ0v) is 24.4. The lowest BCUT2D eigenvalue weighted by atomic mass is 10.1. The Morgan fingerprint density at radius 3 is 2.06 bits per heavy atom. The van der Waals surface area contributed by atoms with Crippen molar-refractivity contribution in [2.75, 3.05) is 17.1 Å². The van der Waals surface area contributed by atoms with Crippen LogP contribution in [-0.2, 0) is 32.6 Å². The maximum atomic E-state index is 13.3. The molecule has 9 heteroatoms. The second kappa shape index (κ2) is 12.7. The molecule has 198 valence electrons. The highest BCUT2D eigenvalue weighted by Gasteiger charge is 2.28. The summed E-state index contributed by atoms with van der Waals surface area (Å²) in [5.41, 5.74) is 2.16. The van der Waals surface area contributed by atoms with Crippen LogP contribution in [-0.4, -0.2) is 49.5 Å². The molecule has 0 heterocycles. The number of rotatable bonds is 11. The Morgan fingerprint density at radius 2 is 1.56 bits per heavy atom. The van der Waals surface area contributed by atoms with E-state index in [1.54, 1.807) is 24.0 Å². The molecule has 0 aliphatic rings. The number of anilines is 1. The fraction of sp³-hybridized carbons (Fsp3) is 0.481. The Kier molecular flexibility index (Phi) is 10.5. The lowest BCUT2D eigenvalue weighted by Gasteiger charge is -2.32. The molecular formula is C27H38BrN3O4S. The molecule has 0 aromatic heterocycles. The molecule has 2 aromatic rings. The number of nitrogens with zero attached hydrogens (tertiary/aromatic N) is 2. The number of hydrogen-bond acceptors (Lipinski definition) is 4. The Morgan fingerprint density at radius 1 is 1.00 bits per heavy atom. The van der Waals surface area contributed by atoms with Gasteiger partial charge in [0.05, 0.1) is 11.9 Å². The van der Waals surface area contributed by atoms with Crippen LogP contribution in [0.2, 0.25) is 0 Å². The van der Waals surface area contributed by atoms with Gasteiger partial charge in [-0.1, -0.05) is 47.1 Å². The fourth-order valence-electron chi connectivity index (χ4n) is 3.74. The van der Waals surface area contributed by atoms with E-state index in [1.165, 1.54) is 10.6 Å². The van der Waals surface area contributed by atoms with Crippen molar-refractivity contribution in [1.29, 1.82) is 0 Å². The molecule has 0 saturated heterocycles. The highest BCUT2D eigenvalue weighted by Crippen LogP contribution is 2.21. The van der Waals surface area contributed by atoms with Gasteiger partial charge in [-0.3, -0.25) is 13.9 Å². The highest BCUT2D eigenvalue weighted by atomic mass is 79.9. The van der Waals surface area contributed by atoms with Crippen molar-refractivity contribution >= 4 is 43.5 Å². The first-order valence-electron chi connectivity index (χ1n) is 12.1. The third-order valence-electron chi connectivity index (χ3n) is 5.72. The summed E-state index contributed by atoms with van der Waals surface area (Å²) in [5, 5.41) is 2.95. The first kappa shape index (κ1) is 29.8. The van der Waals surface area contributed by atoms with Gasteiger partial charge in [-0.15, -0.1) is 0 Å². The number of hydrogen-bond donors (Lipinski definition) is 1. The Hall–Kier alpha value is -2.39. The second-order valence-corrected chi connectivity index (χ2v) is 12.8. The summed E-state index contributed by atoms with van der Waals surface area (Å²) in [4.78, 5) is 27.8. The summed E-state index contributed by atoms with van der Waals surface area (Å²) in [7, 11) is -3.52. The fourth-order valence-corrected chi connectivity index (χ4v) is 4.97. The van der Waals surface area contributed by atoms with E-state index in [1.807, 2.05) is 64.1 Å². The number of sulfonamides is 1. The number of carbonyl (C=O) groups excluding carboxylic acids is 2. The van der Waals surface area contributed by atoms with E-state index < -0.39 is 21.6 Å². The molecule has 2 aromatic carbocycles. The van der Waals surface area contributed by atoms with Gasteiger partial charge >= 0.3 is 0 Å². The van der Waals surface area contributed by atoms with Crippen LogP contribution in [0, 0.1) is 0 Å². The van der Waals surface area contributed by atoms with Crippen LogP contribution < -0.4 is 9.62 Å². The SMILES string of the molecule is CCc1ccc(N(CCCC(=O)N(Cc2ccc(Br)cc2)[C@H](C)C(=O)NC(C)(C)C)S(C)(=O)=O)cc1. The predicted octanol–water partition coefficient (Wildman–Crippen LogP) is 4.89. The molecule has 0 bridgehead atoms. The lowest BCUT2D eigenvalue weighted by Crippen LogP contribution is -2.52. The molecule has 0 radical (unpaired) electrons. The number of benzene rings is 2. The van der Waals surface area contributed by atoms with Crippen LogP contribution >= 0.6 is 15.9 Å². The first-order chi connectivity index (χ1) is 16.7. The molecule has 0 aliphatic heterocycles. The van der Waals surface area contributed by atoms with Crippen LogP contribution in [0.5, 0.6) is 0 Å². The number of aryl methyl sites for hydroxylation is 1. The first-order valence-corrected chi connectivity index (χ1v) is 14.8. The van der Waals surface area contributed by atoms with Gasteiger partial charge < -0.3 is 10.2 Å². The minimum Gasteiger partial charge on any atom is -0.350 e. The largest absolute Gasteiger partial charge is 0.350 e. The monoisotopic (exact) mass is 579 g/mol. The summed E-state index contributed by atoms with van der Waals surface area (Å²) >= 11 is 3.42. The van der Waals surface area contributed by atoms with Gasteiger partial charge in [0.2, 0.25) is 21.8 Å². The quantitative estimate of drug-likeness (QED) is 0.410. The smallest absolute Gasteiger partial charge is 0.242 e. The van der Waals surface area contributed by atoms with Crippen molar-refractivity contribution in [2.45, 2.75) is 72.0 Å². The van der Waals surface area contributed by atoms with E-state index in [9.17, 15) is 18.0 Å². The maximum Gasteiger partial charge on any atom is 0.242 e. The van der Waals surface area contributed by atoms with Crippen molar-refractivity contribution in [3.63, 3.8) is 0 Å². The predicted molar refractivity (Wildman–Crippen MR) is 149 cm³/mol. The molecule has 0 unspecified atom stereocenters. The zero-order chi connectivity index (χ0) is 27.1. The van der Waals surface area contributed by atoms with Gasteiger partial charge in [0.1, 0.15) is 6.04 Å². The van der Waals surface area contributed by atoms with Gasteiger partial charge in [0, 0.05) is 29.5 Å². The highest BCUT2D eigenvalue weighted by molar-refractivity contribution is 9.10. The number of nitrogens with one attached hydrogen (secondary N) is 1. The minimum absolute atomic E-state index is 0.114. The van der Waals surface area contributed by atoms with Crippen molar-refractivity contribution < 1.29 is 18.0 Å². The summed E-state index contributed by atoms with van der Waals surface area (Å²) < 4.78 is 27.2. The van der Waals surface area contributed by atoms with Gasteiger partial charge in [0.15, 0.2) is 0 Å². The Bertz CT molecular complexity index is 1130. The average Bonchev–Trinajstić information content (AvgIpc) is 2.79. The average molecular weight is 581 g/mol. The van der Waals surface area contributed by atoms with Crippen LogP contribution in [0.3, 0.4) is 0 Å². The van der Waals surface area contributed by atoms with Crippen molar-refractivity contribution in [2.24, 2.45) is 0 Å². The van der Waals surface area contributed by atoms with Crippen LogP contribution in [0.4, 0.5) is 5.69 Å². The Labute approximate surface area is 224 Å². The van der Waals surface area contributed by atoms with Crippen LogP contribution in [0.25, 0.3) is 0 Å². The zero-order valence-electron chi connectivity index (χ0n) is 22.0. The molecule has 0 saturated carbocycles. The summed E-state index contributed by atoms with van der Waals surface area (Å²) in [5.74, 6) is -0.439.